The van der Waals surface area contributed by atoms with Crippen molar-refractivity contribution < 1.29 is 33.0 Å². The summed E-state index contributed by atoms with van der Waals surface area (Å²) in [6, 6.07) is 3.97. The van der Waals surface area contributed by atoms with Gasteiger partial charge in [-0.05, 0) is 52.1 Å². The number of pyridine rings is 2. The SMILES string of the molecule is CC[C@@]1(OC(=O)NC(C)C)C(=O)OCc2c1cc1n(c2=O)Cc2c-1nc1cc(F)c(OC(=O)CN)cc1c2CN(C)C. The van der Waals surface area contributed by atoms with Gasteiger partial charge >= 0.3 is 18.0 Å². The summed E-state index contributed by atoms with van der Waals surface area (Å²) >= 11 is 0. The molecule has 222 valence electrons. The molecule has 0 saturated heterocycles. The van der Waals surface area contributed by atoms with Crippen LogP contribution in [0.5, 0.6) is 5.75 Å². The van der Waals surface area contributed by atoms with Gasteiger partial charge in [-0.1, -0.05) is 6.92 Å². The summed E-state index contributed by atoms with van der Waals surface area (Å²) in [5, 5.41) is 3.16. The molecule has 3 aromatic rings. The fourth-order valence-electron chi connectivity index (χ4n) is 5.48. The molecule has 42 heavy (non-hydrogen) atoms. The lowest BCUT2D eigenvalue weighted by Gasteiger charge is -2.35. The summed E-state index contributed by atoms with van der Waals surface area (Å²) in [4.78, 5) is 58.2. The quantitative estimate of drug-likeness (QED) is 0.245. The molecule has 1 aromatic carbocycles. The van der Waals surface area contributed by atoms with E-state index in [4.69, 9.17) is 24.9 Å². The molecular weight excluding hydrogens is 549 g/mol. The largest absolute Gasteiger partial charge is 0.457 e. The van der Waals surface area contributed by atoms with Gasteiger partial charge in [0.2, 0.25) is 5.60 Å². The van der Waals surface area contributed by atoms with Gasteiger partial charge in [0.1, 0.15) is 6.61 Å². The first kappa shape index (κ1) is 29.1. The molecule has 2 aliphatic heterocycles. The third-order valence-electron chi connectivity index (χ3n) is 7.37. The average Bonchev–Trinajstić information content (AvgIpc) is 3.29. The zero-order chi connectivity index (χ0) is 30.5. The monoisotopic (exact) mass is 581 g/mol. The molecule has 12 nitrogen and oxygen atoms in total. The van der Waals surface area contributed by atoms with Gasteiger partial charge in [-0.15, -0.1) is 0 Å². The van der Waals surface area contributed by atoms with Crippen LogP contribution in [0.1, 0.15) is 49.4 Å². The smallest absolute Gasteiger partial charge is 0.408 e. The number of carbonyl (C=O) groups excluding carboxylic acids is 3. The molecule has 2 aliphatic rings. The zero-order valence-electron chi connectivity index (χ0n) is 24.0. The fourth-order valence-corrected chi connectivity index (χ4v) is 5.48. The van der Waals surface area contributed by atoms with Crippen LogP contribution in [-0.4, -0.2) is 59.2 Å². The van der Waals surface area contributed by atoms with Crippen molar-refractivity contribution in [1.82, 2.24) is 19.8 Å². The summed E-state index contributed by atoms with van der Waals surface area (Å²) in [7, 11) is 3.73. The highest BCUT2D eigenvalue weighted by Crippen LogP contribution is 2.42. The summed E-state index contributed by atoms with van der Waals surface area (Å²) in [6.07, 6.45) is -0.802. The molecule has 4 heterocycles. The van der Waals surface area contributed by atoms with Crippen molar-refractivity contribution >= 4 is 28.9 Å². The number of nitrogens with two attached hydrogens (primary N) is 1. The Balaban J connectivity index is 1.73. The highest BCUT2D eigenvalue weighted by molar-refractivity contribution is 5.91. The van der Waals surface area contributed by atoms with Crippen LogP contribution in [0.2, 0.25) is 0 Å². The Bertz CT molecular complexity index is 1700. The molecular formula is C29H32FN5O7. The summed E-state index contributed by atoms with van der Waals surface area (Å²) < 4.78 is 32.7. The van der Waals surface area contributed by atoms with Crippen molar-refractivity contribution in [2.75, 3.05) is 20.6 Å². The molecule has 0 radical (unpaired) electrons. The second-order valence-electron chi connectivity index (χ2n) is 10.9. The molecule has 3 N–H and O–H groups in total. The molecule has 2 aromatic heterocycles. The minimum absolute atomic E-state index is 0.0205. The Kier molecular flexibility index (Phi) is 7.50. The van der Waals surface area contributed by atoms with Crippen LogP contribution in [0.15, 0.2) is 23.0 Å². The van der Waals surface area contributed by atoms with E-state index in [-0.39, 0.29) is 48.0 Å². The van der Waals surface area contributed by atoms with Crippen LogP contribution in [0, 0.1) is 5.82 Å². The number of nitrogens with one attached hydrogen (secondary N) is 1. The first-order valence-electron chi connectivity index (χ1n) is 13.5. The predicted molar refractivity (Wildman–Crippen MR) is 149 cm³/mol. The minimum atomic E-state index is -1.85. The van der Waals surface area contributed by atoms with E-state index < -0.39 is 41.6 Å². The lowest BCUT2D eigenvalue weighted by atomic mass is 9.85. The maximum atomic E-state index is 15.0. The molecule has 1 amide bonds. The number of aromatic nitrogens is 2. The number of halogens is 1. The molecule has 1 atom stereocenters. The van der Waals surface area contributed by atoms with E-state index in [1.807, 2.05) is 19.0 Å². The highest BCUT2D eigenvalue weighted by Gasteiger charge is 2.50. The third-order valence-corrected chi connectivity index (χ3v) is 7.37. The van der Waals surface area contributed by atoms with Crippen LogP contribution in [0.4, 0.5) is 9.18 Å². The lowest BCUT2D eigenvalue weighted by Crippen LogP contribution is -2.49. The second kappa shape index (κ2) is 10.8. The molecule has 13 heteroatoms. The number of alkyl carbamates (subject to hydrolysis) is 1. The summed E-state index contributed by atoms with van der Waals surface area (Å²) in [5.74, 6) is -2.64. The van der Waals surface area contributed by atoms with Crippen LogP contribution in [0.25, 0.3) is 22.3 Å². The molecule has 0 aliphatic carbocycles. The Labute approximate surface area is 240 Å². The van der Waals surface area contributed by atoms with Crippen molar-refractivity contribution in [3.8, 4) is 17.1 Å². The standard InChI is InChI=1S/C29H32FN5O7/c1-6-29(42-28(39)32-14(2)3)19-8-22-25-17(12-35(22)26(37)18(19)13-40-27(29)38)16(11-34(4)5)15-7-23(41-24(36)10-31)20(30)9-21(15)33-25/h7-9,14H,6,10-13,31H2,1-5H3,(H,32,39)/t29-/m0/s1. The highest BCUT2D eigenvalue weighted by atomic mass is 19.1. The van der Waals surface area contributed by atoms with E-state index in [0.717, 1.165) is 5.56 Å². The normalized spacial score (nSPS) is 17.1. The molecule has 0 fully saturated rings. The van der Waals surface area contributed by atoms with Gasteiger partial charge in [0.15, 0.2) is 11.6 Å². The number of esters is 2. The van der Waals surface area contributed by atoms with Crippen molar-refractivity contribution in [2.24, 2.45) is 5.73 Å². The van der Waals surface area contributed by atoms with E-state index in [9.17, 15) is 19.2 Å². The first-order valence-corrected chi connectivity index (χ1v) is 13.5. The van der Waals surface area contributed by atoms with Crippen molar-refractivity contribution in [3.63, 3.8) is 0 Å². The molecule has 5 rings (SSSR count). The van der Waals surface area contributed by atoms with Crippen molar-refractivity contribution in [2.45, 2.75) is 58.5 Å². The molecule has 0 spiro atoms. The number of hydrogen-bond acceptors (Lipinski definition) is 10. The maximum Gasteiger partial charge on any atom is 0.408 e. The minimum Gasteiger partial charge on any atom is -0.457 e. The zero-order valence-corrected chi connectivity index (χ0v) is 24.0. The molecule has 0 saturated carbocycles. The van der Waals surface area contributed by atoms with Crippen LogP contribution < -0.4 is 21.3 Å². The number of carbonyl (C=O) groups is 3. The van der Waals surface area contributed by atoms with E-state index in [0.29, 0.717) is 28.9 Å². The van der Waals surface area contributed by atoms with Gasteiger partial charge in [-0.2, -0.15) is 0 Å². The van der Waals surface area contributed by atoms with Gasteiger partial charge in [-0.3, -0.25) is 9.59 Å². The fraction of sp³-hybridized carbons (Fsp3) is 0.414. The van der Waals surface area contributed by atoms with Gasteiger partial charge in [-0.25, -0.2) is 19.0 Å². The number of fused-ring (bicyclic) bond motifs is 5. The Morgan fingerprint density at radius 3 is 2.62 bits per heavy atom. The Hall–Kier alpha value is -4.36. The molecule has 0 bridgehead atoms. The number of hydrogen-bond donors (Lipinski definition) is 2. The topological polar surface area (TPSA) is 155 Å². The summed E-state index contributed by atoms with van der Waals surface area (Å²) in [6.45, 7) is 5.02. The number of ether oxygens (including phenoxy) is 3. The van der Waals surface area contributed by atoms with Crippen LogP contribution in [-0.2, 0) is 44.4 Å². The van der Waals surface area contributed by atoms with Crippen LogP contribution >= 0.6 is 0 Å². The molecule has 0 unspecified atom stereocenters. The number of rotatable bonds is 7. The first-order chi connectivity index (χ1) is 19.9. The number of nitrogens with zero attached hydrogens (tertiary/aromatic N) is 3. The van der Waals surface area contributed by atoms with Gasteiger partial charge < -0.3 is 34.7 Å². The summed E-state index contributed by atoms with van der Waals surface area (Å²) in [5.41, 5.74) is 6.10. The lowest BCUT2D eigenvalue weighted by molar-refractivity contribution is -0.172. The maximum absolute atomic E-state index is 15.0. The van der Waals surface area contributed by atoms with E-state index in [1.165, 1.54) is 16.7 Å². The Morgan fingerprint density at radius 2 is 1.98 bits per heavy atom. The Morgan fingerprint density at radius 1 is 1.24 bits per heavy atom. The van der Waals surface area contributed by atoms with Gasteiger partial charge in [0, 0.05) is 35.2 Å². The van der Waals surface area contributed by atoms with Gasteiger partial charge in [0.05, 0.1) is 35.6 Å². The number of benzene rings is 1. The average molecular weight is 582 g/mol. The van der Waals surface area contributed by atoms with Crippen LogP contribution in [0.3, 0.4) is 0 Å². The van der Waals surface area contributed by atoms with E-state index in [1.54, 1.807) is 26.8 Å². The second-order valence-corrected chi connectivity index (χ2v) is 10.9. The number of amides is 1. The number of cyclic esters (lactones) is 1. The van der Waals surface area contributed by atoms with E-state index in [2.05, 4.69) is 5.32 Å². The van der Waals surface area contributed by atoms with Gasteiger partial charge in [0.25, 0.3) is 5.56 Å². The van der Waals surface area contributed by atoms with Crippen molar-refractivity contribution in [1.29, 1.82) is 0 Å². The van der Waals surface area contributed by atoms with E-state index >= 15 is 4.39 Å². The third kappa shape index (κ3) is 4.77. The predicted octanol–water partition coefficient (Wildman–Crippen LogP) is 2.29. The van der Waals surface area contributed by atoms with Crippen molar-refractivity contribution in [3.05, 3.63) is 56.6 Å².